The van der Waals surface area contributed by atoms with Gasteiger partial charge in [-0.1, -0.05) is 12.1 Å². The molecule has 6 nitrogen and oxygen atoms in total. The molecule has 1 aliphatic rings. The van der Waals surface area contributed by atoms with E-state index in [1.54, 1.807) is 17.0 Å². The summed E-state index contributed by atoms with van der Waals surface area (Å²) in [6.07, 6.45) is 2.50. The summed E-state index contributed by atoms with van der Waals surface area (Å²) in [4.78, 5) is 35.3. The second kappa shape index (κ2) is 7.76. The number of carbonyl (C=O) groups excluding carboxylic acids is 1. The number of rotatable bonds is 6. The Hall–Kier alpha value is -2.37. The molecule has 0 spiro atoms. The molecular weight excluding hydrogens is 298 g/mol. The topological polar surface area (TPSA) is 94.9 Å². The van der Waals surface area contributed by atoms with Crippen molar-refractivity contribution in [2.45, 2.75) is 38.0 Å². The molecule has 1 aromatic carbocycles. The number of aliphatic carboxylic acids is 1. The summed E-state index contributed by atoms with van der Waals surface area (Å²) in [7, 11) is 0. The van der Waals surface area contributed by atoms with E-state index in [4.69, 9.17) is 10.2 Å². The Kier molecular flexibility index (Phi) is 5.73. The molecular formula is C17H21NO5. The fraction of sp³-hybridized carbons (Fsp3) is 0.471. The molecule has 0 aliphatic carbocycles. The van der Waals surface area contributed by atoms with Gasteiger partial charge in [0.2, 0.25) is 5.91 Å². The first-order chi connectivity index (χ1) is 11.0. The van der Waals surface area contributed by atoms with E-state index < -0.39 is 11.9 Å². The maximum atomic E-state index is 12.2. The Balaban J connectivity index is 1.93. The van der Waals surface area contributed by atoms with Crippen molar-refractivity contribution in [2.75, 3.05) is 13.1 Å². The quantitative estimate of drug-likeness (QED) is 0.839. The van der Waals surface area contributed by atoms with Crippen LogP contribution in [0, 0.1) is 0 Å². The Morgan fingerprint density at radius 3 is 2.39 bits per heavy atom. The molecule has 1 aliphatic heterocycles. The maximum Gasteiger partial charge on any atom is 0.335 e. The number of piperidine rings is 1. The van der Waals surface area contributed by atoms with Crippen LogP contribution in [0.4, 0.5) is 0 Å². The van der Waals surface area contributed by atoms with E-state index in [9.17, 15) is 14.4 Å². The number of carboxylic acid groups (broad SMARTS) is 2. The first-order valence-electron chi connectivity index (χ1n) is 7.80. The minimum absolute atomic E-state index is 0.00175. The van der Waals surface area contributed by atoms with Gasteiger partial charge in [0, 0.05) is 31.8 Å². The van der Waals surface area contributed by atoms with Crippen molar-refractivity contribution in [3.63, 3.8) is 0 Å². The summed E-state index contributed by atoms with van der Waals surface area (Å²) in [5, 5.41) is 17.5. The van der Waals surface area contributed by atoms with Crippen LogP contribution in [0.15, 0.2) is 24.3 Å². The lowest BCUT2D eigenvalue weighted by atomic mass is 9.90. The molecule has 0 unspecified atom stereocenters. The number of hydrogen-bond acceptors (Lipinski definition) is 3. The summed E-state index contributed by atoms with van der Waals surface area (Å²) >= 11 is 0. The van der Waals surface area contributed by atoms with Crippen molar-refractivity contribution in [2.24, 2.45) is 0 Å². The third kappa shape index (κ3) is 4.81. The van der Waals surface area contributed by atoms with Gasteiger partial charge in [-0.25, -0.2) is 4.79 Å². The van der Waals surface area contributed by atoms with Crippen molar-refractivity contribution in [1.29, 1.82) is 0 Å². The number of hydrogen-bond donors (Lipinski definition) is 2. The zero-order valence-electron chi connectivity index (χ0n) is 12.9. The normalized spacial score (nSPS) is 17.7. The molecule has 2 N–H and O–H groups in total. The van der Waals surface area contributed by atoms with Crippen LogP contribution in [-0.2, 0) is 9.59 Å². The molecule has 1 aromatic rings. The van der Waals surface area contributed by atoms with E-state index >= 15 is 0 Å². The van der Waals surface area contributed by atoms with Gasteiger partial charge in [-0.05, 0) is 37.0 Å². The molecule has 1 heterocycles. The van der Waals surface area contributed by atoms with Crippen LogP contribution < -0.4 is 0 Å². The second-order valence-electron chi connectivity index (χ2n) is 5.85. The number of benzene rings is 1. The second-order valence-corrected chi connectivity index (χ2v) is 5.85. The van der Waals surface area contributed by atoms with Crippen molar-refractivity contribution in [3.05, 3.63) is 35.4 Å². The molecule has 1 fully saturated rings. The highest BCUT2D eigenvalue weighted by molar-refractivity contribution is 5.87. The Morgan fingerprint density at radius 2 is 1.78 bits per heavy atom. The number of likely N-dealkylation sites (tertiary alicyclic amines) is 1. The van der Waals surface area contributed by atoms with Gasteiger partial charge in [0.15, 0.2) is 0 Å². The van der Waals surface area contributed by atoms with E-state index in [0.717, 1.165) is 18.4 Å². The third-order valence-electron chi connectivity index (χ3n) is 4.18. The van der Waals surface area contributed by atoms with Gasteiger partial charge in [0.05, 0.1) is 5.56 Å². The standard InChI is InChI=1S/C17H21NO5/c19-15(4-1-5-16(20)21)18-10-2-3-14(11-18)12-6-8-13(9-7-12)17(22)23/h6-9,14H,1-5,10-11H2,(H,20,21)(H,22,23)/t14-/m0/s1. The Labute approximate surface area is 134 Å². The van der Waals surface area contributed by atoms with E-state index in [1.807, 2.05) is 12.1 Å². The lowest BCUT2D eigenvalue weighted by molar-refractivity contribution is -0.137. The molecule has 0 saturated carbocycles. The first-order valence-corrected chi connectivity index (χ1v) is 7.80. The molecule has 1 saturated heterocycles. The lowest BCUT2D eigenvalue weighted by Crippen LogP contribution is -2.39. The minimum Gasteiger partial charge on any atom is -0.481 e. The van der Waals surface area contributed by atoms with E-state index in [0.29, 0.717) is 19.5 Å². The van der Waals surface area contributed by atoms with Crippen molar-refractivity contribution < 1.29 is 24.6 Å². The molecule has 1 amide bonds. The monoisotopic (exact) mass is 319 g/mol. The highest BCUT2D eigenvalue weighted by Gasteiger charge is 2.24. The highest BCUT2D eigenvalue weighted by atomic mass is 16.4. The number of carboxylic acids is 2. The van der Waals surface area contributed by atoms with Crippen molar-refractivity contribution >= 4 is 17.8 Å². The SMILES string of the molecule is O=C(O)CCCC(=O)N1CCC[C@H](c2ccc(C(=O)O)cc2)C1. The van der Waals surface area contributed by atoms with Crippen LogP contribution >= 0.6 is 0 Å². The number of aromatic carboxylic acids is 1. The van der Waals surface area contributed by atoms with Gasteiger partial charge >= 0.3 is 11.9 Å². The molecule has 1 atom stereocenters. The summed E-state index contributed by atoms with van der Waals surface area (Å²) in [6.45, 7) is 1.31. The van der Waals surface area contributed by atoms with Crippen LogP contribution in [0.2, 0.25) is 0 Å². The zero-order valence-corrected chi connectivity index (χ0v) is 12.9. The van der Waals surface area contributed by atoms with Crippen LogP contribution in [0.3, 0.4) is 0 Å². The van der Waals surface area contributed by atoms with Crippen molar-refractivity contribution in [1.82, 2.24) is 4.90 Å². The van der Waals surface area contributed by atoms with Crippen molar-refractivity contribution in [3.8, 4) is 0 Å². The highest BCUT2D eigenvalue weighted by Crippen LogP contribution is 2.27. The summed E-state index contributed by atoms with van der Waals surface area (Å²) in [6, 6.07) is 6.80. The lowest BCUT2D eigenvalue weighted by Gasteiger charge is -2.33. The van der Waals surface area contributed by atoms with Crippen LogP contribution in [0.5, 0.6) is 0 Å². The average molecular weight is 319 g/mol. The molecule has 124 valence electrons. The number of nitrogens with zero attached hydrogens (tertiary/aromatic N) is 1. The van der Waals surface area contributed by atoms with Crippen LogP contribution in [0.25, 0.3) is 0 Å². The van der Waals surface area contributed by atoms with Crippen LogP contribution in [0.1, 0.15) is 53.9 Å². The molecule has 6 heteroatoms. The van der Waals surface area contributed by atoms with Gasteiger partial charge in [0.1, 0.15) is 0 Å². The predicted octanol–water partition coefficient (Wildman–Crippen LogP) is 2.35. The Morgan fingerprint density at radius 1 is 1.09 bits per heavy atom. The fourth-order valence-electron chi connectivity index (χ4n) is 2.92. The van der Waals surface area contributed by atoms with Gasteiger partial charge in [0.25, 0.3) is 0 Å². The summed E-state index contributed by atoms with van der Waals surface area (Å²) in [5.41, 5.74) is 1.30. The van der Waals surface area contributed by atoms with Crippen LogP contribution in [-0.4, -0.2) is 46.0 Å². The van der Waals surface area contributed by atoms with E-state index in [-0.39, 0.29) is 30.2 Å². The largest absolute Gasteiger partial charge is 0.481 e. The van der Waals surface area contributed by atoms with E-state index in [2.05, 4.69) is 0 Å². The average Bonchev–Trinajstić information content (AvgIpc) is 2.54. The van der Waals surface area contributed by atoms with Gasteiger partial charge in [-0.2, -0.15) is 0 Å². The maximum absolute atomic E-state index is 12.2. The summed E-state index contributed by atoms with van der Waals surface area (Å²) in [5.74, 6) is -1.63. The third-order valence-corrected chi connectivity index (χ3v) is 4.18. The molecule has 23 heavy (non-hydrogen) atoms. The molecule has 0 bridgehead atoms. The van der Waals surface area contributed by atoms with Gasteiger partial charge in [-0.3, -0.25) is 9.59 Å². The fourth-order valence-corrected chi connectivity index (χ4v) is 2.92. The predicted molar refractivity (Wildman–Crippen MR) is 83.4 cm³/mol. The molecule has 2 rings (SSSR count). The molecule has 0 radical (unpaired) electrons. The number of carbonyl (C=O) groups is 3. The van der Waals surface area contributed by atoms with Gasteiger partial charge in [-0.15, -0.1) is 0 Å². The Bertz CT molecular complexity index is 581. The van der Waals surface area contributed by atoms with Gasteiger partial charge < -0.3 is 15.1 Å². The number of amides is 1. The summed E-state index contributed by atoms with van der Waals surface area (Å²) < 4.78 is 0. The molecule has 0 aromatic heterocycles. The smallest absolute Gasteiger partial charge is 0.335 e. The zero-order chi connectivity index (χ0) is 16.8. The minimum atomic E-state index is -0.949. The first kappa shape index (κ1) is 17.0. The van der Waals surface area contributed by atoms with E-state index in [1.165, 1.54) is 0 Å².